The molecule has 0 spiro atoms. The molecule has 0 amide bonds. The lowest BCUT2D eigenvalue weighted by atomic mass is 10.1. The Morgan fingerprint density at radius 3 is 1.92 bits per heavy atom. The lowest BCUT2D eigenvalue weighted by molar-refractivity contribution is 0.272. The van der Waals surface area contributed by atoms with E-state index in [0.717, 1.165) is 5.57 Å². The molecule has 6 nitrogen and oxygen atoms in total. The molecule has 3 rings (SSSR count). The summed E-state index contributed by atoms with van der Waals surface area (Å²) in [5, 5.41) is 0. The Bertz CT molecular complexity index is 654. The van der Waals surface area contributed by atoms with Gasteiger partial charge in [-0.05, 0) is 41.5 Å². The first-order valence-electron chi connectivity index (χ1n) is 8.42. The van der Waals surface area contributed by atoms with Crippen molar-refractivity contribution in [2.45, 2.75) is 64.6 Å². The third-order valence-corrected chi connectivity index (χ3v) is 3.89. The van der Waals surface area contributed by atoms with Crippen LogP contribution in [0.3, 0.4) is 0 Å². The molecule has 24 heavy (non-hydrogen) atoms. The van der Waals surface area contributed by atoms with Crippen LogP contribution in [0.2, 0.25) is 0 Å². The van der Waals surface area contributed by atoms with E-state index < -0.39 is 0 Å². The highest BCUT2D eigenvalue weighted by Crippen LogP contribution is 2.26. The lowest BCUT2D eigenvalue weighted by Gasteiger charge is -2.08. The minimum Gasteiger partial charge on any atom is -0.478 e. The van der Waals surface area contributed by atoms with E-state index in [1.807, 2.05) is 19.9 Å². The number of aliphatic imine (C=N–C) groups is 3. The molecule has 6 heteroatoms. The number of rotatable bonds is 4. The van der Waals surface area contributed by atoms with Crippen LogP contribution in [0, 0.1) is 0 Å². The highest BCUT2D eigenvalue weighted by Gasteiger charge is 2.33. The monoisotopic (exact) mass is 333 g/mol. The predicted octanol–water partition coefficient (Wildman–Crippen LogP) is 2.92. The summed E-state index contributed by atoms with van der Waals surface area (Å²) < 4.78 is 17.2. The van der Waals surface area contributed by atoms with E-state index in [0.29, 0.717) is 43.9 Å². The number of nitrogens with zero attached hydrogens (tertiary/aromatic N) is 3. The van der Waals surface area contributed by atoms with Crippen LogP contribution >= 0.6 is 0 Å². The summed E-state index contributed by atoms with van der Waals surface area (Å²) in [5.41, 5.74) is 0.302. The van der Waals surface area contributed by atoms with Crippen LogP contribution < -0.4 is 0 Å². The maximum Gasteiger partial charge on any atom is 0.213 e. The van der Waals surface area contributed by atoms with E-state index in [1.54, 1.807) is 0 Å². The highest BCUT2D eigenvalue weighted by atomic mass is 16.5. The van der Waals surface area contributed by atoms with Gasteiger partial charge >= 0.3 is 0 Å². The van der Waals surface area contributed by atoms with E-state index in [2.05, 4.69) is 42.7 Å². The van der Waals surface area contributed by atoms with Gasteiger partial charge in [0.2, 0.25) is 11.8 Å². The summed E-state index contributed by atoms with van der Waals surface area (Å²) in [7, 11) is 0. The van der Waals surface area contributed by atoms with E-state index in [-0.39, 0.29) is 16.6 Å². The Morgan fingerprint density at radius 2 is 1.42 bits per heavy atom. The zero-order valence-corrected chi connectivity index (χ0v) is 15.5. The average Bonchev–Trinajstić information content (AvgIpc) is 3.07. The summed E-state index contributed by atoms with van der Waals surface area (Å²) >= 11 is 0. The molecule has 0 radical (unpaired) electrons. The molecule has 0 aromatic rings. The third-order valence-electron chi connectivity index (χ3n) is 3.89. The normalized spacial score (nSPS) is 26.9. The highest BCUT2D eigenvalue weighted by molar-refractivity contribution is 6.05. The Balaban J connectivity index is 1.88. The van der Waals surface area contributed by atoms with Gasteiger partial charge in [0.05, 0.1) is 23.0 Å². The maximum atomic E-state index is 5.82. The number of hydrogen-bond donors (Lipinski definition) is 0. The fourth-order valence-electron chi connectivity index (χ4n) is 2.69. The van der Waals surface area contributed by atoms with E-state index in [1.165, 1.54) is 0 Å². The largest absolute Gasteiger partial charge is 0.478 e. The maximum absolute atomic E-state index is 5.82. The zero-order chi connectivity index (χ0) is 17.6. The van der Waals surface area contributed by atoms with Crippen LogP contribution in [-0.4, -0.2) is 54.1 Å². The second-order valence-corrected chi connectivity index (χ2v) is 8.52. The molecule has 0 fully saturated rings. The SMILES string of the molecule is CC1(C)COC(/C=C(/CC2=NC(C)(C)CO2)C2=NC(C)(C)CO2)=N1. The minimum atomic E-state index is -0.219. The molecule has 3 heterocycles. The van der Waals surface area contributed by atoms with Crippen LogP contribution in [0.4, 0.5) is 0 Å². The molecule has 0 unspecified atom stereocenters. The van der Waals surface area contributed by atoms with Gasteiger partial charge in [0.1, 0.15) is 19.8 Å². The van der Waals surface area contributed by atoms with Crippen LogP contribution in [0.5, 0.6) is 0 Å². The van der Waals surface area contributed by atoms with Gasteiger partial charge in [0.25, 0.3) is 0 Å². The molecule has 0 aromatic heterocycles. The first-order chi connectivity index (χ1) is 11.0. The third kappa shape index (κ3) is 3.97. The fraction of sp³-hybridized carbons (Fsp3) is 0.722. The lowest BCUT2D eigenvalue weighted by Crippen LogP contribution is -2.17. The van der Waals surface area contributed by atoms with Crippen LogP contribution in [0.15, 0.2) is 26.6 Å². The second kappa shape index (κ2) is 5.60. The fourth-order valence-corrected chi connectivity index (χ4v) is 2.69. The molecule has 0 N–H and O–H groups in total. The number of ether oxygens (including phenoxy) is 3. The zero-order valence-electron chi connectivity index (χ0n) is 15.5. The van der Waals surface area contributed by atoms with Gasteiger partial charge in [-0.15, -0.1) is 0 Å². The van der Waals surface area contributed by atoms with Crippen molar-refractivity contribution >= 4 is 17.7 Å². The first-order valence-corrected chi connectivity index (χ1v) is 8.42. The van der Waals surface area contributed by atoms with E-state index >= 15 is 0 Å². The first kappa shape index (κ1) is 17.0. The van der Waals surface area contributed by atoms with Crippen molar-refractivity contribution < 1.29 is 14.2 Å². The van der Waals surface area contributed by atoms with Crippen molar-refractivity contribution in [2.75, 3.05) is 19.8 Å². The molecule has 0 aliphatic carbocycles. The van der Waals surface area contributed by atoms with Gasteiger partial charge in [-0.2, -0.15) is 0 Å². The minimum absolute atomic E-state index is 0.179. The van der Waals surface area contributed by atoms with Crippen molar-refractivity contribution in [1.82, 2.24) is 0 Å². The summed E-state index contributed by atoms with van der Waals surface area (Å²) in [6.07, 6.45) is 2.44. The summed E-state index contributed by atoms with van der Waals surface area (Å²) in [6, 6.07) is 0. The molecule has 3 aliphatic rings. The van der Waals surface area contributed by atoms with Gasteiger partial charge in [-0.3, -0.25) is 0 Å². The topological polar surface area (TPSA) is 64.8 Å². The Morgan fingerprint density at radius 1 is 0.833 bits per heavy atom. The van der Waals surface area contributed by atoms with Crippen molar-refractivity contribution in [2.24, 2.45) is 15.0 Å². The summed E-state index contributed by atoms with van der Waals surface area (Å²) in [5.74, 6) is 1.95. The van der Waals surface area contributed by atoms with Crippen LogP contribution in [0.1, 0.15) is 48.0 Å². The standard InChI is InChI=1S/C18H27N3O3/c1-16(2)9-22-13(19-16)7-12(15-21-18(5,6)11-24-15)8-14-20-17(3,4)10-23-14/h7H,8-11H2,1-6H3/b12-7-. The molecule has 0 saturated carbocycles. The molecular weight excluding hydrogens is 306 g/mol. The van der Waals surface area contributed by atoms with Crippen molar-refractivity contribution in [3.05, 3.63) is 11.6 Å². The molecule has 0 bridgehead atoms. The van der Waals surface area contributed by atoms with Gasteiger partial charge < -0.3 is 14.2 Å². The molecule has 0 aromatic carbocycles. The smallest absolute Gasteiger partial charge is 0.213 e. The van der Waals surface area contributed by atoms with Gasteiger partial charge in [0.15, 0.2) is 5.90 Å². The van der Waals surface area contributed by atoms with Gasteiger partial charge in [-0.1, -0.05) is 0 Å². The molecule has 3 aliphatic heterocycles. The second-order valence-electron chi connectivity index (χ2n) is 8.52. The average molecular weight is 333 g/mol. The van der Waals surface area contributed by atoms with Crippen molar-refractivity contribution in [3.8, 4) is 0 Å². The Hall–Kier alpha value is -1.85. The molecule has 0 atom stereocenters. The predicted molar refractivity (Wildman–Crippen MR) is 95.1 cm³/mol. The molecule has 0 saturated heterocycles. The quantitative estimate of drug-likeness (QED) is 0.794. The molecular formula is C18H27N3O3. The summed E-state index contributed by atoms with van der Waals surface area (Å²) in [4.78, 5) is 13.9. The van der Waals surface area contributed by atoms with Gasteiger partial charge in [0, 0.05) is 11.6 Å². The Labute approximate surface area is 143 Å². The number of hydrogen-bond acceptors (Lipinski definition) is 6. The van der Waals surface area contributed by atoms with Crippen LogP contribution in [0.25, 0.3) is 0 Å². The Kier molecular flexibility index (Phi) is 3.97. The van der Waals surface area contributed by atoms with Crippen molar-refractivity contribution in [1.29, 1.82) is 0 Å². The van der Waals surface area contributed by atoms with Gasteiger partial charge in [-0.25, -0.2) is 15.0 Å². The molecule has 132 valence electrons. The van der Waals surface area contributed by atoms with E-state index in [9.17, 15) is 0 Å². The van der Waals surface area contributed by atoms with Crippen LogP contribution in [-0.2, 0) is 14.2 Å². The van der Waals surface area contributed by atoms with Crippen molar-refractivity contribution in [3.63, 3.8) is 0 Å². The van der Waals surface area contributed by atoms with E-state index in [4.69, 9.17) is 14.2 Å². The summed E-state index contributed by atoms with van der Waals surface area (Å²) in [6.45, 7) is 14.1.